The normalized spacial score (nSPS) is 10.3. The van der Waals surface area contributed by atoms with Crippen molar-refractivity contribution in [3.05, 3.63) is 57.8 Å². The van der Waals surface area contributed by atoms with Crippen molar-refractivity contribution in [2.45, 2.75) is 6.42 Å². The van der Waals surface area contributed by atoms with Crippen LogP contribution in [0.2, 0.25) is 0 Å². The summed E-state index contributed by atoms with van der Waals surface area (Å²) in [7, 11) is 3.07. The quantitative estimate of drug-likeness (QED) is 0.762. The summed E-state index contributed by atoms with van der Waals surface area (Å²) in [6, 6.07) is 9.86. The van der Waals surface area contributed by atoms with E-state index < -0.39 is 5.82 Å². The number of carbonyl (C=O) groups excluding carboxylic acids is 1. The van der Waals surface area contributed by atoms with Gasteiger partial charge in [-0.15, -0.1) is 0 Å². The first-order chi connectivity index (χ1) is 10.1. The fourth-order valence-corrected chi connectivity index (χ4v) is 2.36. The number of hydrogen-bond donors (Lipinski definition) is 0. The van der Waals surface area contributed by atoms with E-state index in [1.165, 1.54) is 13.2 Å². The van der Waals surface area contributed by atoms with Crippen molar-refractivity contribution in [1.29, 1.82) is 0 Å². The van der Waals surface area contributed by atoms with Gasteiger partial charge in [-0.1, -0.05) is 12.1 Å². The summed E-state index contributed by atoms with van der Waals surface area (Å²) in [6.45, 7) is 0. The van der Waals surface area contributed by atoms with E-state index in [4.69, 9.17) is 9.47 Å². The molecule has 0 fully saturated rings. The minimum absolute atomic E-state index is 0.0687. The van der Waals surface area contributed by atoms with Crippen LogP contribution in [0, 0.1) is 5.82 Å². The first-order valence-electron chi connectivity index (χ1n) is 6.25. The second-order valence-electron chi connectivity index (χ2n) is 4.39. The molecule has 0 saturated heterocycles. The first-order valence-corrected chi connectivity index (χ1v) is 7.04. The maximum Gasteiger partial charge on any atom is 0.170 e. The summed E-state index contributed by atoms with van der Waals surface area (Å²) >= 11 is 3.08. The highest BCUT2D eigenvalue weighted by atomic mass is 79.9. The molecule has 0 aliphatic carbocycles. The Morgan fingerprint density at radius 1 is 1.14 bits per heavy atom. The lowest BCUT2D eigenvalue weighted by atomic mass is 10.0. The predicted octanol–water partition coefficient (Wildman–Crippen LogP) is 4.03. The van der Waals surface area contributed by atoms with Crippen molar-refractivity contribution < 1.29 is 18.7 Å². The average Bonchev–Trinajstić information content (AvgIpc) is 2.49. The van der Waals surface area contributed by atoms with Crippen molar-refractivity contribution in [2.75, 3.05) is 14.2 Å². The maximum atomic E-state index is 13.9. The SMILES string of the molecule is COc1ccc(CC(=O)c2cccc(Br)c2F)cc1OC. The van der Waals surface area contributed by atoms with Gasteiger partial charge in [0.1, 0.15) is 5.82 Å². The fourth-order valence-electron chi connectivity index (χ4n) is 1.99. The molecule has 0 saturated carbocycles. The standard InChI is InChI=1S/C16H14BrFO3/c1-20-14-7-6-10(9-15(14)21-2)8-13(19)11-4-3-5-12(17)16(11)18/h3-7,9H,8H2,1-2H3. The molecule has 2 rings (SSSR count). The lowest BCUT2D eigenvalue weighted by Gasteiger charge is -2.09. The molecular formula is C16H14BrFO3. The van der Waals surface area contributed by atoms with E-state index in [-0.39, 0.29) is 22.2 Å². The Morgan fingerprint density at radius 3 is 2.52 bits per heavy atom. The van der Waals surface area contributed by atoms with Gasteiger partial charge in [-0.3, -0.25) is 4.79 Å². The molecule has 0 amide bonds. The van der Waals surface area contributed by atoms with E-state index in [1.807, 2.05) is 0 Å². The van der Waals surface area contributed by atoms with E-state index in [0.717, 1.165) is 5.56 Å². The second-order valence-corrected chi connectivity index (χ2v) is 5.25. The summed E-state index contributed by atoms with van der Waals surface area (Å²) in [5.74, 6) is 0.295. The van der Waals surface area contributed by atoms with Gasteiger partial charge >= 0.3 is 0 Å². The number of hydrogen-bond acceptors (Lipinski definition) is 3. The zero-order valence-electron chi connectivity index (χ0n) is 11.7. The molecule has 0 radical (unpaired) electrons. The number of ether oxygens (including phenoxy) is 2. The van der Waals surface area contributed by atoms with Crippen LogP contribution in [0.4, 0.5) is 4.39 Å². The Balaban J connectivity index is 2.25. The van der Waals surface area contributed by atoms with Gasteiger partial charge in [0.05, 0.1) is 24.3 Å². The molecule has 0 aliphatic heterocycles. The number of methoxy groups -OCH3 is 2. The number of benzene rings is 2. The fraction of sp³-hybridized carbons (Fsp3) is 0.188. The highest BCUT2D eigenvalue weighted by Gasteiger charge is 2.15. The van der Waals surface area contributed by atoms with Gasteiger partial charge in [-0.2, -0.15) is 0 Å². The van der Waals surface area contributed by atoms with Crippen molar-refractivity contribution >= 4 is 21.7 Å². The zero-order valence-corrected chi connectivity index (χ0v) is 13.2. The molecule has 0 N–H and O–H groups in total. The average molecular weight is 353 g/mol. The monoisotopic (exact) mass is 352 g/mol. The molecule has 0 unspecified atom stereocenters. The summed E-state index contributed by atoms with van der Waals surface area (Å²) in [5.41, 5.74) is 0.802. The largest absolute Gasteiger partial charge is 0.493 e. The number of carbonyl (C=O) groups is 1. The van der Waals surface area contributed by atoms with Crippen molar-refractivity contribution in [3.8, 4) is 11.5 Å². The molecule has 0 spiro atoms. The van der Waals surface area contributed by atoms with E-state index in [2.05, 4.69) is 15.9 Å². The van der Waals surface area contributed by atoms with Crippen molar-refractivity contribution in [2.24, 2.45) is 0 Å². The van der Waals surface area contributed by atoms with Gasteiger partial charge in [0.2, 0.25) is 0 Å². The van der Waals surface area contributed by atoms with Gasteiger partial charge in [-0.05, 0) is 45.8 Å². The molecule has 3 nitrogen and oxygen atoms in total. The van der Waals surface area contributed by atoms with Crippen LogP contribution in [0.3, 0.4) is 0 Å². The Morgan fingerprint density at radius 2 is 1.86 bits per heavy atom. The van der Waals surface area contributed by atoms with Crippen LogP contribution in [0.25, 0.3) is 0 Å². The minimum atomic E-state index is -0.539. The molecule has 5 heteroatoms. The summed E-state index contributed by atoms with van der Waals surface area (Å²) in [4.78, 5) is 12.2. The van der Waals surface area contributed by atoms with Crippen LogP contribution in [-0.4, -0.2) is 20.0 Å². The Hall–Kier alpha value is -1.88. The number of halogens is 2. The Kier molecular flexibility index (Phi) is 4.96. The smallest absolute Gasteiger partial charge is 0.170 e. The molecular weight excluding hydrogens is 339 g/mol. The van der Waals surface area contributed by atoms with Crippen LogP contribution in [0.1, 0.15) is 15.9 Å². The van der Waals surface area contributed by atoms with E-state index in [1.54, 1.807) is 37.4 Å². The third-order valence-electron chi connectivity index (χ3n) is 3.06. The van der Waals surface area contributed by atoms with Crippen LogP contribution >= 0.6 is 15.9 Å². The maximum absolute atomic E-state index is 13.9. The molecule has 0 aromatic heterocycles. The topological polar surface area (TPSA) is 35.5 Å². The summed E-state index contributed by atoms with van der Waals surface area (Å²) < 4.78 is 24.5. The Labute approximate surface area is 130 Å². The molecule has 110 valence electrons. The highest BCUT2D eigenvalue weighted by Crippen LogP contribution is 2.28. The number of rotatable bonds is 5. The number of ketones is 1. The van der Waals surface area contributed by atoms with Crippen molar-refractivity contribution in [3.63, 3.8) is 0 Å². The molecule has 0 aliphatic rings. The lowest BCUT2D eigenvalue weighted by molar-refractivity contribution is 0.0989. The molecule has 2 aromatic carbocycles. The second kappa shape index (κ2) is 6.72. The van der Waals surface area contributed by atoms with Gasteiger partial charge in [0.25, 0.3) is 0 Å². The lowest BCUT2D eigenvalue weighted by Crippen LogP contribution is -2.07. The van der Waals surface area contributed by atoms with Crippen LogP contribution in [0.5, 0.6) is 11.5 Å². The van der Waals surface area contributed by atoms with Crippen LogP contribution < -0.4 is 9.47 Å². The molecule has 0 bridgehead atoms. The predicted molar refractivity (Wildman–Crippen MR) is 81.7 cm³/mol. The molecule has 0 atom stereocenters. The molecule has 2 aromatic rings. The third-order valence-corrected chi connectivity index (χ3v) is 3.68. The first kappa shape index (κ1) is 15.5. The molecule has 0 heterocycles. The van der Waals surface area contributed by atoms with Gasteiger partial charge in [0.15, 0.2) is 17.3 Å². The van der Waals surface area contributed by atoms with Crippen LogP contribution in [-0.2, 0) is 6.42 Å². The minimum Gasteiger partial charge on any atom is -0.493 e. The van der Waals surface area contributed by atoms with Crippen molar-refractivity contribution in [1.82, 2.24) is 0 Å². The highest BCUT2D eigenvalue weighted by molar-refractivity contribution is 9.10. The number of Topliss-reactive ketones (excluding diaryl/α,β-unsaturated/α-hetero) is 1. The van der Waals surface area contributed by atoms with Gasteiger partial charge in [0, 0.05) is 6.42 Å². The third kappa shape index (κ3) is 3.42. The van der Waals surface area contributed by atoms with E-state index in [9.17, 15) is 9.18 Å². The molecule has 21 heavy (non-hydrogen) atoms. The van der Waals surface area contributed by atoms with E-state index in [0.29, 0.717) is 11.5 Å². The van der Waals surface area contributed by atoms with Crippen LogP contribution in [0.15, 0.2) is 40.9 Å². The Bertz CT molecular complexity index is 671. The van der Waals surface area contributed by atoms with E-state index >= 15 is 0 Å². The zero-order chi connectivity index (χ0) is 15.4. The van der Waals surface area contributed by atoms with Gasteiger partial charge < -0.3 is 9.47 Å². The summed E-state index contributed by atoms with van der Waals surface area (Å²) in [6.07, 6.45) is 0.0910. The summed E-state index contributed by atoms with van der Waals surface area (Å²) in [5, 5.41) is 0. The van der Waals surface area contributed by atoms with Gasteiger partial charge in [-0.25, -0.2) is 4.39 Å².